The molecule has 1 aliphatic heterocycles. The van der Waals surface area contributed by atoms with E-state index in [-0.39, 0.29) is 22.6 Å². The standard InChI is InChI=1S/C26H35NO6/c1-6-7-8-9-10-20-15-26(17-31-25(4,5)32-18-26)16-22(20)24(2,3)33-23(28)19-11-13-21(14-12-19)27(29)30/h9,11-14,22H,6-8,15-18H2,1-5H3. The zero-order valence-corrected chi connectivity index (χ0v) is 20.3. The molecule has 2 fully saturated rings. The van der Waals surface area contributed by atoms with Gasteiger partial charge in [0.15, 0.2) is 5.79 Å². The number of esters is 1. The van der Waals surface area contributed by atoms with Crippen molar-refractivity contribution in [2.75, 3.05) is 13.2 Å². The Hall–Kier alpha value is -2.47. The Bertz CT molecular complexity index is 930. The van der Waals surface area contributed by atoms with Crippen LogP contribution in [0.5, 0.6) is 0 Å². The van der Waals surface area contributed by atoms with Gasteiger partial charge >= 0.3 is 5.97 Å². The molecule has 1 atom stereocenters. The van der Waals surface area contributed by atoms with Crippen molar-refractivity contribution in [1.29, 1.82) is 0 Å². The van der Waals surface area contributed by atoms with Crippen molar-refractivity contribution in [2.24, 2.45) is 11.3 Å². The fraction of sp³-hybridized carbons (Fsp3) is 0.615. The number of nitro benzene ring substituents is 1. The molecular weight excluding hydrogens is 422 g/mol. The van der Waals surface area contributed by atoms with E-state index in [1.54, 1.807) is 0 Å². The van der Waals surface area contributed by atoms with E-state index in [2.05, 4.69) is 18.7 Å². The molecule has 1 saturated heterocycles. The SMILES string of the molecule is CCCCC=C=C1CC2(COC(C)(C)OC2)CC1C(C)(C)OC(=O)c1ccc([N+](=O)[O-])cc1. The first kappa shape index (κ1) is 25.2. The molecular formula is C26H35NO6. The van der Waals surface area contributed by atoms with E-state index in [9.17, 15) is 14.9 Å². The van der Waals surface area contributed by atoms with Crippen molar-refractivity contribution < 1.29 is 23.9 Å². The zero-order chi connectivity index (χ0) is 24.3. The van der Waals surface area contributed by atoms with Gasteiger partial charge < -0.3 is 14.2 Å². The van der Waals surface area contributed by atoms with Crippen molar-refractivity contribution >= 4 is 11.7 Å². The van der Waals surface area contributed by atoms with Crippen LogP contribution >= 0.6 is 0 Å². The first-order chi connectivity index (χ1) is 15.5. The Morgan fingerprint density at radius 3 is 2.48 bits per heavy atom. The summed E-state index contributed by atoms with van der Waals surface area (Å²) in [7, 11) is 0. The van der Waals surface area contributed by atoms with E-state index in [1.165, 1.54) is 24.3 Å². The number of hydrogen-bond acceptors (Lipinski definition) is 6. The highest BCUT2D eigenvalue weighted by Gasteiger charge is 2.52. The predicted octanol–water partition coefficient (Wildman–Crippen LogP) is 5.98. The number of unbranched alkanes of at least 4 members (excludes halogenated alkanes) is 2. The lowest BCUT2D eigenvalue weighted by atomic mass is 9.82. The van der Waals surface area contributed by atoms with Crippen LogP contribution in [0.2, 0.25) is 0 Å². The third-order valence-electron chi connectivity index (χ3n) is 6.57. The Kier molecular flexibility index (Phi) is 7.47. The number of ether oxygens (including phenoxy) is 3. The maximum atomic E-state index is 12.9. The van der Waals surface area contributed by atoms with E-state index < -0.39 is 22.3 Å². The second kappa shape index (κ2) is 9.80. The second-order valence-electron chi connectivity index (χ2n) is 10.2. The topological polar surface area (TPSA) is 87.9 Å². The summed E-state index contributed by atoms with van der Waals surface area (Å²) >= 11 is 0. The highest BCUT2D eigenvalue weighted by molar-refractivity contribution is 5.90. The van der Waals surface area contributed by atoms with Crippen molar-refractivity contribution in [1.82, 2.24) is 0 Å². The number of nitro groups is 1. The van der Waals surface area contributed by atoms with E-state index in [4.69, 9.17) is 14.2 Å². The molecule has 0 N–H and O–H groups in total. The molecule has 0 amide bonds. The molecule has 1 unspecified atom stereocenters. The lowest BCUT2D eigenvalue weighted by Gasteiger charge is -2.42. The van der Waals surface area contributed by atoms with Gasteiger partial charge in [-0.3, -0.25) is 10.1 Å². The van der Waals surface area contributed by atoms with E-state index in [0.717, 1.165) is 37.7 Å². The minimum absolute atomic E-state index is 0.0363. The first-order valence-electron chi connectivity index (χ1n) is 11.7. The molecule has 7 nitrogen and oxygen atoms in total. The Morgan fingerprint density at radius 2 is 1.91 bits per heavy atom. The number of nitrogens with zero attached hydrogens (tertiary/aromatic N) is 1. The van der Waals surface area contributed by atoms with Gasteiger partial charge in [0, 0.05) is 23.5 Å². The molecule has 3 rings (SSSR count). The third kappa shape index (κ3) is 6.11. The molecule has 1 saturated carbocycles. The summed E-state index contributed by atoms with van der Waals surface area (Å²) in [5, 5.41) is 10.9. The van der Waals surface area contributed by atoms with Gasteiger partial charge in [-0.1, -0.05) is 13.3 Å². The van der Waals surface area contributed by atoms with Gasteiger partial charge in [0.1, 0.15) is 5.60 Å². The van der Waals surface area contributed by atoms with Crippen LogP contribution in [0.15, 0.2) is 41.6 Å². The molecule has 33 heavy (non-hydrogen) atoms. The van der Waals surface area contributed by atoms with Gasteiger partial charge in [0.05, 0.1) is 23.7 Å². The lowest BCUT2D eigenvalue weighted by Crippen LogP contribution is -2.46. The Morgan fingerprint density at radius 1 is 1.27 bits per heavy atom. The van der Waals surface area contributed by atoms with Crippen molar-refractivity contribution in [2.45, 2.75) is 78.1 Å². The monoisotopic (exact) mass is 457 g/mol. The Balaban J connectivity index is 1.81. The van der Waals surface area contributed by atoms with Crippen LogP contribution in [0.3, 0.4) is 0 Å². The molecule has 180 valence electrons. The lowest BCUT2D eigenvalue weighted by molar-refractivity contribution is -0.384. The smallest absolute Gasteiger partial charge is 0.338 e. The number of hydrogen-bond donors (Lipinski definition) is 0. The molecule has 1 aromatic carbocycles. The normalized spacial score (nSPS) is 21.5. The molecule has 0 bridgehead atoms. The van der Waals surface area contributed by atoms with Crippen LogP contribution in [-0.4, -0.2) is 35.5 Å². The fourth-order valence-electron chi connectivity index (χ4n) is 4.53. The van der Waals surface area contributed by atoms with Crippen molar-refractivity contribution in [3.05, 3.63) is 57.3 Å². The second-order valence-corrected chi connectivity index (χ2v) is 10.2. The van der Waals surface area contributed by atoms with Gasteiger partial charge in [-0.15, -0.1) is 5.73 Å². The van der Waals surface area contributed by atoms with Gasteiger partial charge in [0.2, 0.25) is 0 Å². The number of benzene rings is 1. The molecule has 1 aromatic rings. The van der Waals surface area contributed by atoms with Crippen LogP contribution in [0.4, 0.5) is 5.69 Å². The molecule has 0 aromatic heterocycles. The molecule has 2 aliphatic rings. The number of non-ortho nitro benzene ring substituents is 1. The summed E-state index contributed by atoms with van der Waals surface area (Å²) in [6, 6.07) is 5.49. The zero-order valence-electron chi connectivity index (χ0n) is 20.3. The van der Waals surface area contributed by atoms with E-state index in [1.807, 2.05) is 27.7 Å². The van der Waals surface area contributed by atoms with Crippen LogP contribution in [-0.2, 0) is 14.2 Å². The first-order valence-corrected chi connectivity index (χ1v) is 11.7. The van der Waals surface area contributed by atoms with Crippen LogP contribution < -0.4 is 0 Å². The minimum atomic E-state index is -0.795. The number of carbonyl (C=O) groups is 1. The largest absolute Gasteiger partial charge is 0.455 e. The maximum absolute atomic E-state index is 12.9. The van der Waals surface area contributed by atoms with Gasteiger partial charge in [0.25, 0.3) is 5.69 Å². The predicted molar refractivity (Wildman–Crippen MR) is 125 cm³/mol. The minimum Gasteiger partial charge on any atom is -0.455 e. The summed E-state index contributed by atoms with van der Waals surface area (Å²) in [5.74, 6) is -1.13. The highest BCUT2D eigenvalue weighted by Crippen LogP contribution is 2.52. The summed E-state index contributed by atoms with van der Waals surface area (Å²) < 4.78 is 18.0. The molecule has 0 radical (unpaired) electrons. The van der Waals surface area contributed by atoms with Crippen LogP contribution in [0.1, 0.15) is 77.1 Å². The number of rotatable bonds is 7. The number of carbonyl (C=O) groups excluding carboxylic acids is 1. The van der Waals surface area contributed by atoms with Crippen LogP contribution in [0, 0.1) is 21.4 Å². The van der Waals surface area contributed by atoms with Gasteiger partial charge in [-0.2, -0.15) is 0 Å². The van der Waals surface area contributed by atoms with Crippen molar-refractivity contribution in [3.8, 4) is 0 Å². The summed E-state index contributed by atoms with van der Waals surface area (Å²) in [6.07, 6.45) is 6.84. The average molecular weight is 458 g/mol. The van der Waals surface area contributed by atoms with Crippen LogP contribution in [0.25, 0.3) is 0 Å². The molecule has 1 heterocycles. The average Bonchev–Trinajstić information content (AvgIpc) is 3.13. The molecule has 1 spiro atoms. The molecule has 1 aliphatic carbocycles. The van der Waals surface area contributed by atoms with E-state index in [0.29, 0.717) is 13.2 Å². The third-order valence-corrected chi connectivity index (χ3v) is 6.57. The maximum Gasteiger partial charge on any atom is 0.338 e. The summed E-state index contributed by atoms with van der Waals surface area (Å²) in [5.41, 5.74) is 3.90. The van der Waals surface area contributed by atoms with Crippen molar-refractivity contribution in [3.63, 3.8) is 0 Å². The van der Waals surface area contributed by atoms with Gasteiger partial charge in [-0.25, -0.2) is 4.79 Å². The highest BCUT2D eigenvalue weighted by atomic mass is 16.7. The summed E-state index contributed by atoms with van der Waals surface area (Å²) in [4.78, 5) is 23.3. The summed E-state index contributed by atoms with van der Waals surface area (Å²) in [6.45, 7) is 11.0. The Labute approximate surface area is 195 Å². The quantitative estimate of drug-likeness (QED) is 0.164. The van der Waals surface area contributed by atoms with Gasteiger partial charge in [-0.05, 0) is 77.2 Å². The fourth-order valence-corrected chi connectivity index (χ4v) is 4.53. The molecule has 7 heteroatoms. The van der Waals surface area contributed by atoms with E-state index >= 15 is 0 Å².